The van der Waals surface area contributed by atoms with E-state index in [9.17, 15) is 5.11 Å². The summed E-state index contributed by atoms with van der Waals surface area (Å²) in [6, 6.07) is 3.28. The Morgan fingerprint density at radius 3 is 2.47 bits per heavy atom. The van der Waals surface area contributed by atoms with Crippen molar-refractivity contribution in [1.82, 2.24) is 5.32 Å². The van der Waals surface area contributed by atoms with Crippen molar-refractivity contribution >= 4 is 23.2 Å². The van der Waals surface area contributed by atoms with Crippen molar-refractivity contribution in [3.8, 4) is 5.75 Å². The van der Waals surface area contributed by atoms with Gasteiger partial charge in [0.15, 0.2) is 0 Å². The van der Waals surface area contributed by atoms with E-state index in [2.05, 4.69) is 19.2 Å². The van der Waals surface area contributed by atoms with Crippen LogP contribution < -0.4 is 5.32 Å². The van der Waals surface area contributed by atoms with Crippen LogP contribution in [-0.2, 0) is 6.54 Å². The first-order valence-electron chi connectivity index (χ1n) is 5.96. The van der Waals surface area contributed by atoms with E-state index in [0.717, 1.165) is 24.9 Å². The Bertz CT molecular complexity index is 365. The fourth-order valence-electron chi connectivity index (χ4n) is 1.74. The number of phenolic OH excluding ortho intramolecular Hbond substituents is 1. The first-order valence-corrected chi connectivity index (χ1v) is 6.71. The second kappa shape index (κ2) is 7.10. The minimum absolute atomic E-state index is 0.119. The molecule has 0 aromatic heterocycles. The number of aromatic hydroxyl groups is 1. The lowest BCUT2D eigenvalue weighted by molar-refractivity contribution is 0.437. The van der Waals surface area contributed by atoms with Crippen molar-refractivity contribution in [3.05, 3.63) is 27.7 Å². The third kappa shape index (κ3) is 4.38. The summed E-state index contributed by atoms with van der Waals surface area (Å²) in [4.78, 5) is 0. The maximum atomic E-state index is 9.77. The molecule has 2 N–H and O–H groups in total. The van der Waals surface area contributed by atoms with E-state index in [1.807, 2.05) is 0 Å². The summed E-state index contributed by atoms with van der Waals surface area (Å²) in [5.74, 6) is 0.792. The molecule has 0 radical (unpaired) electrons. The fraction of sp³-hybridized carbons (Fsp3) is 0.538. The van der Waals surface area contributed by atoms with E-state index in [4.69, 9.17) is 23.2 Å². The van der Waals surface area contributed by atoms with E-state index >= 15 is 0 Å². The van der Waals surface area contributed by atoms with Crippen molar-refractivity contribution in [1.29, 1.82) is 0 Å². The highest BCUT2D eigenvalue weighted by atomic mass is 35.5. The molecule has 17 heavy (non-hydrogen) atoms. The molecule has 4 heteroatoms. The van der Waals surface area contributed by atoms with Gasteiger partial charge in [-0.3, -0.25) is 0 Å². The molecule has 0 spiro atoms. The second-order valence-electron chi connectivity index (χ2n) is 4.21. The standard InChI is InChI=1S/C13H19Cl2NO/c1-3-9(4-2)7-16-8-10-5-11(14)6-12(15)13(10)17/h5-6,9,16-17H,3-4,7-8H2,1-2H3. The van der Waals surface area contributed by atoms with Gasteiger partial charge in [-0.05, 0) is 24.6 Å². The minimum atomic E-state index is 0.119. The zero-order chi connectivity index (χ0) is 12.8. The van der Waals surface area contributed by atoms with Crippen LogP contribution in [0.3, 0.4) is 0 Å². The van der Waals surface area contributed by atoms with Gasteiger partial charge in [0.2, 0.25) is 0 Å². The zero-order valence-corrected chi connectivity index (χ0v) is 11.8. The molecule has 0 aliphatic carbocycles. The summed E-state index contributed by atoms with van der Waals surface area (Å²) >= 11 is 11.7. The Kier molecular flexibility index (Phi) is 6.10. The van der Waals surface area contributed by atoms with Gasteiger partial charge in [0.25, 0.3) is 0 Å². The van der Waals surface area contributed by atoms with E-state index in [1.165, 1.54) is 0 Å². The zero-order valence-electron chi connectivity index (χ0n) is 10.3. The van der Waals surface area contributed by atoms with Gasteiger partial charge in [-0.2, -0.15) is 0 Å². The molecule has 1 aromatic carbocycles. The van der Waals surface area contributed by atoms with Gasteiger partial charge in [-0.1, -0.05) is 49.9 Å². The first-order chi connectivity index (χ1) is 8.08. The number of rotatable bonds is 6. The quantitative estimate of drug-likeness (QED) is 0.815. The summed E-state index contributed by atoms with van der Waals surface area (Å²) in [5.41, 5.74) is 0.744. The molecule has 0 bridgehead atoms. The number of phenols is 1. The van der Waals surface area contributed by atoms with Gasteiger partial charge in [-0.25, -0.2) is 0 Å². The maximum Gasteiger partial charge on any atom is 0.138 e. The van der Waals surface area contributed by atoms with Gasteiger partial charge >= 0.3 is 0 Å². The Balaban J connectivity index is 2.57. The van der Waals surface area contributed by atoms with Crippen molar-refractivity contribution in [2.75, 3.05) is 6.54 Å². The highest BCUT2D eigenvalue weighted by Crippen LogP contribution is 2.30. The third-order valence-electron chi connectivity index (χ3n) is 3.01. The van der Waals surface area contributed by atoms with Crippen molar-refractivity contribution in [3.63, 3.8) is 0 Å². The summed E-state index contributed by atoms with van der Waals surface area (Å²) in [6.07, 6.45) is 2.32. The average molecular weight is 276 g/mol. The molecule has 0 fully saturated rings. The molecular formula is C13H19Cl2NO. The molecule has 0 saturated carbocycles. The van der Waals surface area contributed by atoms with E-state index < -0.39 is 0 Å². The van der Waals surface area contributed by atoms with Crippen LogP contribution in [0.2, 0.25) is 10.0 Å². The first kappa shape index (κ1) is 14.6. The number of benzene rings is 1. The monoisotopic (exact) mass is 275 g/mol. The van der Waals surface area contributed by atoms with Crippen LogP contribution in [0.15, 0.2) is 12.1 Å². The normalized spacial score (nSPS) is 11.1. The largest absolute Gasteiger partial charge is 0.506 e. The van der Waals surface area contributed by atoms with Crippen LogP contribution >= 0.6 is 23.2 Å². The molecule has 0 unspecified atom stereocenters. The molecule has 1 rings (SSSR count). The smallest absolute Gasteiger partial charge is 0.138 e. The number of halogens is 2. The van der Waals surface area contributed by atoms with Crippen LogP contribution in [0.25, 0.3) is 0 Å². The average Bonchev–Trinajstić information content (AvgIpc) is 2.30. The molecular weight excluding hydrogens is 257 g/mol. The Hall–Kier alpha value is -0.440. The summed E-state index contributed by atoms with van der Waals surface area (Å²) in [7, 11) is 0. The molecule has 0 amide bonds. The summed E-state index contributed by atoms with van der Waals surface area (Å²) in [5, 5.41) is 13.9. The maximum absolute atomic E-state index is 9.77. The third-order valence-corrected chi connectivity index (χ3v) is 3.52. The second-order valence-corrected chi connectivity index (χ2v) is 5.05. The van der Waals surface area contributed by atoms with Crippen LogP contribution in [-0.4, -0.2) is 11.7 Å². The van der Waals surface area contributed by atoms with E-state index in [1.54, 1.807) is 12.1 Å². The minimum Gasteiger partial charge on any atom is -0.506 e. The van der Waals surface area contributed by atoms with Crippen LogP contribution in [0.4, 0.5) is 0 Å². The van der Waals surface area contributed by atoms with Crippen molar-refractivity contribution < 1.29 is 5.11 Å². The molecule has 96 valence electrons. The Labute approximate surface area is 113 Å². The van der Waals surface area contributed by atoms with E-state index in [0.29, 0.717) is 22.5 Å². The molecule has 0 heterocycles. The molecule has 0 atom stereocenters. The van der Waals surface area contributed by atoms with Gasteiger partial charge in [0.05, 0.1) is 5.02 Å². The lowest BCUT2D eigenvalue weighted by atomic mass is 10.0. The summed E-state index contributed by atoms with van der Waals surface area (Å²) < 4.78 is 0. The van der Waals surface area contributed by atoms with Crippen LogP contribution in [0, 0.1) is 5.92 Å². The predicted octanol–water partition coefficient (Wildman–Crippen LogP) is 4.22. The van der Waals surface area contributed by atoms with Crippen LogP contribution in [0.1, 0.15) is 32.3 Å². The van der Waals surface area contributed by atoms with Crippen molar-refractivity contribution in [2.45, 2.75) is 33.2 Å². The molecule has 0 aliphatic rings. The molecule has 0 saturated heterocycles. The highest BCUT2D eigenvalue weighted by Gasteiger charge is 2.08. The molecule has 1 aromatic rings. The lowest BCUT2D eigenvalue weighted by Gasteiger charge is -2.14. The number of nitrogens with one attached hydrogen (secondary N) is 1. The van der Waals surface area contributed by atoms with Gasteiger partial charge in [0, 0.05) is 17.1 Å². The van der Waals surface area contributed by atoms with Crippen LogP contribution in [0.5, 0.6) is 5.75 Å². The van der Waals surface area contributed by atoms with Gasteiger partial charge in [0.1, 0.15) is 5.75 Å². The highest BCUT2D eigenvalue weighted by molar-refractivity contribution is 6.35. The molecule has 0 aliphatic heterocycles. The Morgan fingerprint density at radius 1 is 1.24 bits per heavy atom. The summed E-state index contributed by atoms with van der Waals surface area (Å²) in [6.45, 7) is 5.90. The van der Waals surface area contributed by atoms with E-state index in [-0.39, 0.29) is 5.75 Å². The fourth-order valence-corrected chi connectivity index (χ4v) is 2.28. The topological polar surface area (TPSA) is 32.3 Å². The predicted molar refractivity (Wildman–Crippen MR) is 73.9 cm³/mol. The van der Waals surface area contributed by atoms with Crippen molar-refractivity contribution in [2.24, 2.45) is 5.92 Å². The van der Waals surface area contributed by atoms with Gasteiger partial charge in [-0.15, -0.1) is 0 Å². The number of hydrogen-bond acceptors (Lipinski definition) is 2. The number of hydrogen-bond donors (Lipinski definition) is 2. The molecule has 2 nitrogen and oxygen atoms in total. The Morgan fingerprint density at radius 2 is 1.88 bits per heavy atom. The lowest BCUT2D eigenvalue weighted by Crippen LogP contribution is -2.21. The SMILES string of the molecule is CCC(CC)CNCc1cc(Cl)cc(Cl)c1O. The van der Waals surface area contributed by atoms with Gasteiger partial charge < -0.3 is 10.4 Å².